The van der Waals surface area contributed by atoms with Crippen molar-refractivity contribution in [1.82, 2.24) is 10.2 Å². The predicted octanol–water partition coefficient (Wildman–Crippen LogP) is 1.88. The molecule has 0 saturated carbocycles. The molecule has 4 heteroatoms. The van der Waals surface area contributed by atoms with Gasteiger partial charge in [-0.1, -0.05) is 13.8 Å². The second-order valence-corrected chi connectivity index (χ2v) is 5.96. The van der Waals surface area contributed by atoms with Crippen molar-refractivity contribution in [2.24, 2.45) is 5.92 Å². The molecule has 0 unspecified atom stereocenters. The monoisotopic (exact) mass is 252 g/mol. The molecule has 1 aromatic heterocycles. The van der Waals surface area contributed by atoms with Crippen LogP contribution in [0.25, 0.3) is 0 Å². The second-order valence-electron chi connectivity index (χ2n) is 4.96. The first-order valence-corrected chi connectivity index (χ1v) is 7.08. The zero-order valence-electron chi connectivity index (χ0n) is 10.5. The molecule has 1 aliphatic heterocycles. The van der Waals surface area contributed by atoms with E-state index in [0.717, 1.165) is 26.1 Å². The van der Waals surface area contributed by atoms with Crippen LogP contribution >= 0.6 is 11.3 Å². The first-order valence-electron chi connectivity index (χ1n) is 6.20. The fourth-order valence-corrected chi connectivity index (χ4v) is 2.93. The van der Waals surface area contributed by atoms with Gasteiger partial charge in [-0.15, -0.1) is 11.3 Å². The largest absolute Gasteiger partial charge is 0.337 e. The number of hydrogen-bond acceptors (Lipinski definition) is 3. The first-order chi connectivity index (χ1) is 8.16. The Morgan fingerprint density at radius 2 is 2.41 bits per heavy atom. The summed E-state index contributed by atoms with van der Waals surface area (Å²) in [5, 5.41) is 5.33. The predicted molar refractivity (Wildman–Crippen MR) is 71.1 cm³/mol. The van der Waals surface area contributed by atoms with Gasteiger partial charge in [0.15, 0.2) is 0 Å². The molecule has 0 radical (unpaired) electrons. The Balaban J connectivity index is 1.82. The van der Waals surface area contributed by atoms with E-state index in [1.54, 1.807) is 0 Å². The molecule has 1 aromatic rings. The number of thiophene rings is 1. The normalized spacial score (nSPS) is 15.1. The minimum atomic E-state index is 0.225. The van der Waals surface area contributed by atoms with Crippen LogP contribution in [0.2, 0.25) is 0 Å². The van der Waals surface area contributed by atoms with E-state index in [4.69, 9.17) is 0 Å². The number of hydrogen-bond donors (Lipinski definition) is 1. The molecule has 2 rings (SSSR count). The highest BCUT2D eigenvalue weighted by Gasteiger charge is 2.20. The van der Waals surface area contributed by atoms with Gasteiger partial charge >= 0.3 is 0 Å². The van der Waals surface area contributed by atoms with E-state index >= 15 is 0 Å². The van der Waals surface area contributed by atoms with Gasteiger partial charge in [-0.05, 0) is 35.9 Å². The minimum absolute atomic E-state index is 0.225. The lowest BCUT2D eigenvalue weighted by atomic mass is 10.1. The number of rotatable bonds is 4. The summed E-state index contributed by atoms with van der Waals surface area (Å²) in [4.78, 5) is 15.4. The molecular weight excluding hydrogens is 232 g/mol. The maximum absolute atomic E-state index is 12.0. The molecule has 1 N–H and O–H groups in total. The van der Waals surface area contributed by atoms with Crippen LogP contribution in [0, 0.1) is 5.92 Å². The second kappa shape index (κ2) is 5.65. The third-order valence-electron chi connectivity index (χ3n) is 2.99. The molecule has 0 aromatic carbocycles. The van der Waals surface area contributed by atoms with Crippen molar-refractivity contribution in [1.29, 1.82) is 0 Å². The average molecular weight is 252 g/mol. The van der Waals surface area contributed by atoms with Crippen LogP contribution in [0.5, 0.6) is 0 Å². The molecule has 3 nitrogen and oxygen atoms in total. The summed E-state index contributed by atoms with van der Waals surface area (Å²) in [7, 11) is 0. The van der Waals surface area contributed by atoms with E-state index in [2.05, 4.69) is 30.6 Å². The molecule has 0 spiro atoms. The lowest BCUT2D eigenvalue weighted by Gasteiger charge is -2.27. The van der Waals surface area contributed by atoms with Crippen LogP contribution < -0.4 is 5.32 Å². The van der Waals surface area contributed by atoms with E-state index in [1.807, 2.05) is 16.2 Å². The number of carbonyl (C=O) groups is 1. The Kier molecular flexibility index (Phi) is 4.18. The Morgan fingerprint density at radius 1 is 1.59 bits per heavy atom. The van der Waals surface area contributed by atoms with E-state index < -0.39 is 0 Å². The third-order valence-corrected chi connectivity index (χ3v) is 4.01. The van der Waals surface area contributed by atoms with Gasteiger partial charge in [0.05, 0.1) is 6.54 Å². The van der Waals surface area contributed by atoms with Crippen molar-refractivity contribution in [3.05, 3.63) is 21.9 Å². The summed E-state index contributed by atoms with van der Waals surface area (Å²) in [5.74, 6) is 0.815. The maximum atomic E-state index is 12.0. The zero-order valence-corrected chi connectivity index (χ0v) is 11.3. The Labute approximate surface area is 107 Å². The molecule has 0 fully saturated rings. The van der Waals surface area contributed by atoms with Gasteiger partial charge in [0.25, 0.3) is 0 Å². The van der Waals surface area contributed by atoms with Gasteiger partial charge in [0, 0.05) is 18.0 Å². The van der Waals surface area contributed by atoms with E-state index in [0.29, 0.717) is 12.5 Å². The van der Waals surface area contributed by atoms with Crippen molar-refractivity contribution in [2.75, 3.05) is 19.6 Å². The Bertz CT molecular complexity index is 387. The smallest absolute Gasteiger partial charge is 0.236 e. The first kappa shape index (κ1) is 12.6. The van der Waals surface area contributed by atoms with E-state index in [9.17, 15) is 4.79 Å². The van der Waals surface area contributed by atoms with Gasteiger partial charge in [0.1, 0.15) is 0 Å². The molecule has 0 bridgehead atoms. The summed E-state index contributed by atoms with van der Waals surface area (Å²) >= 11 is 1.81. The van der Waals surface area contributed by atoms with Gasteiger partial charge in [-0.3, -0.25) is 4.79 Å². The molecule has 94 valence electrons. The molecule has 0 aliphatic carbocycles. The third kappa shape index (κ3) is 3.30. The summed E-state index contributed by atoms with van der Waals surface area (Å²) in [6.07, 6.45) is 1.02. The van der Waals surface area contributed by atoms with Crippen molar-refractivity contribution in [3.8, 4) is 0 Å². The van der Waals surface area contributed by atoms with Crippen LogP contribution in [-0.2, 0) is 17.8 Å². The van der Waals surface area contributed by atoms with Gasteiger partial charge < -0.3 is 10.2 Å². The molecular formula is C13H20N2OS. The highest BCUT2D eigenvalue weighted by Crippen LogP contribution is 2.23. The molecule has 1 aliphatic rings. The fourth-order valence-electron chi connectivity index (χ4n) is 2.04. The van der Waals surface area contributed by atoms with Crippen LogP contribution in [0.1, 0.15) is 24.3 Å². The number of nitrogens with zero attached hydrogens (tertiary/aromatic N) is 1. The average Bonchev–Trinajstić information content (AvgIpc) is 2.75. The molecule has 2 heterocycles. The Hall–Kier alpha value is -0.870. The fraction of sp³-hybridized carbons (Fsp3) is 0.615. The van der Waals surface area contributed by atoms with Gasteiger partial charge in [0.2, 0.25) is 5.91 Å². The van der Waals surface area contributed by atoms with Crippen LogP contribution in [0.15, 0.2) is 11.4 Å². The highest BCUT2D eigenvalue weighted by atomic mass is 32.1. The van der Waals surface area contributed by atoms with Crippen molar-refractivity contribution in [3.63, 3.8) is 0 Å². The summed E-state index contributed by atoms with van der Waals surface area (Å²) in [6, 6.07) is 2.14. The number of fused-ring (bicyclic) bond motifs is 1. The molecule has 0 atom stereocenters. The van der Waals surface area contributed by atoms with Gasteiger partial charge in [-0.2, -0.15) is 0 Å². The highest BCUT2D eigenvalue weighted by molar-refractivity contribution is 7.10. The molecule has 1 amide bonds. The van der Waals surface area contributed by atoms with Crippen molar-refractivity contribution >= 4 is 17.2 Å². The summed E-state index contributed by atoms with van der Waals surface area (Å²) in [6.45, 7) is 7.34. The zero-order chi connectivity index (χ0) is 12.3. The standard InChI is InChI=1S/C13H20N2OS/c1-10(2)7-14-8-13(16)15-5-3-12-11(9-15)4-6-17-12/h4,6,10,14H,3,5,7-9H2,1-2H3. The topological polar surface area (TPSA) is 32.3 Å². The number of nitrogens with one attached hydrogen (secondary N) is 1. The van der Waals surface area contributed by atoms with Gasteiger partial charge in [-0.25, -0.2) is 0 Å². The SMILES string of the molecule is CC(C)CNCC(=O)N1CCc2sccc2C1. The van der Waals surface area contributed by atoms with E-state index in [-0.39, 0.29) is 5.91 Å². The molecule has 0 saturated heterocycles. The Morgan fingerprint density at radius 3 is 3.18 bits per heavy atom. The quantitative estimate of drug-likeness (QED) is 0.887. The van der Waals surface area contributed by atoms with Crippen LogP contribution in [-0.4, -0.2) is 30.4 Å². The van der Waals surface area contributed by atoms with Crippen LogP contribution in [0.4, 0.5) is 0 Å². The maximum Gasteiger partial charge on any atom is 0.236 e. The lowest BCUT2D eigenvalue weighted by molar-refractivity contribution is -0.131. The number of amides is 1. The van der Waals surface area contributed by atoms with E-state index in [1.165, 1.54) is 10.4 Å². The summed E-state index contributed by atoms with van der Waals surface area (Å²) < 4.78 is 0. The number of carbonyl (C=O) groups excluding carboxylic acids is 1. The van der Waals surface area contributed by atoms with Crippen molar-refractivity contribution in [2.45, 2.75) is 26.8 Å². The van der Waals surface area contributed by atoms with Crippen LogP contribution in [0.3, 0.4) is 0 Å². The van der Waals surface area contributed by atoms with Crippen molar-refractivity contribution < 1.29 is 4.79 Å². The lowest BCUT2D eigenvalue weighted by Crippen LogP contribution is -2.41. The minimum Gasteiger partial charge on any atom is -0.337 e. The molecule has 17 heavy (non-hydrogen) atoms. The summed E-state index contributed by atoms with van der Waals surface area (Å²) in [5.41, 5.74) is 1.33.